The highest BCUT2D eigenvalue weighted by molar-refractivity contribution is 5.55. The molecule has 0 aliphatic heterocycles. The number of benzene rings is 1. The van der Waals surface area contributed by atoms with Crippen molar-refractivity contribution in [1.29, 1.82) is 0 Å². The third-order valence-corrected chi connectivity index (χ3v) is 2.71. The molecule has 20 heavy (non-hydrogen) atoms. The van der Waals surface area contributed by atoms with Crippen LogP contribution in [0.2, 0.25) is 0 Å². The van der Waals surface area contributed by atoms with Crippen molar-refractivity contribution >= 4 is 0 Å². The zero-order valence-electron chi connectivity index (χ0n) is 10.3. The van der Waals surface area contributed by atoms with Crippen LogP contribution in [0, 0.1) is 5.82 Å². The minimum absolute atomic E-state index is 0.0338. The summed E-state index contributed by atoms with van der Waals surface area (Å²) in [5.41, 5.74) is 0.966. The van der Waals surface area contributed by atoms with Crippen LogP contribution in [-0.2, 0) is 6.42 Å². The predicted octanol–water partition coefficient (Wildman–Crippen LogP) is 2.57. The molecule has 0 unspecified atom stereocenters. The summed E-state index contributed by atoms with van der Waals surface area (Å²) >= 11 is 0. The fourth-order valence-corrected chi connectivity index (χ4v) is 1.81. The number of aromatic nitrogens is 3. The predicted molar refractivity (Wildman–Crippen MR) is 68.4 cm³/mol. The van der Waals surface area contributed by atoms with Crippen LogP contribution in [0.25, 0.3) is 11.6 Å². The lowest BCUT2D eigenvalue weighted by atomic mass is 10.1. The highest BCUT2D eigenvalue weighted by Crippen LogP contribution is 2.24. The summed E-state index contributed by atoms with van der Waals surface area (Å²) < 4.78 is 18.1. The number of aromatic hydroxyl groups is 1. The van der Waals surface area contributed by atoms with Gasteiger partial charge >= 0.3 is 0 Å². The van der Waals surface area contributed by atoms with Crippen LogP contribution in [0.3, 0.4) is 0 Å². The Kier molecular flexibility index (Phi) is 3.12. The van der Waals surface area contributed by atoms with E-state index in [1.165, 1.54) is 24.4 Å². The molecule has 0 aliphatic rings. The summed E-state index contributed by atoms with van der Waals surface area (Å²) in [6, 6.07) is 9.26. The quantitative estimate of drug-likeness (QED) is 0.792. The largest absolute Gasteiger partial charge is 0.505 e. The van der Waals surface area contributed by atoms with Crippen molar-refractivity contribution in [3.05, 3.63) is 59.8 Å². The van der Waals surface area contributed by atoms with Crippen LogP contribution in [-0.4, -0.2) is 20.2 Å². The second-order valence-corrected chi connectivity index (χ2v) is 4.19. The van der Waals surface area contributed by atoms with Crippen LogP contribution in [0.4, 0.5) is 4.39 Å². The Morgan fingerprint density at radius 3 is 2.90 bits per heavy atom. The molecule has 1 N–H and O–H groups in total. The van der Waals surface area contributed by atoms with Crippen LogP contribution in [0.5, 0.6) is 5.75 Å². The number of hydrogen-bond acceptors (Lipinski definition) is 5. The van der Waals surface area contributed by atoms with Gasteiger partial charge in [-0.1, -0.05) is 17.3 Å². The van der Waals surface area contributed by atoms with Crippen molar-refractivity contribution in [2.45, 2.75) is 6.42 Å². The van der Waals surface area contributed by atoms with E-state index < -0.39 is 0 Å². The van der Waals surface area contributed by atoms with E-state index in [9.17, 15) is 9.50 Å². The van der Waals surface area contributed by atoms with E-state index in [1.807, 2.05) is 0 Å². The fourth-order valence-electron chi connectivity index (χ4n) is 1.81. The molecule has 3 rings (SSSR count). The van der Waals surface area contributed by atoms with Gasteiger partial charge in [-0.2, -0.15) is 4.98 Å². The molecule has 2 heterocycles. The van der Waals surface area contributed by atoms with Gasteiger partial charge < -0.3 is 9.63 Å². The highest BCUT2D eigenvalue weighted by atomic mass is 19.1. The molecule has 2 aromatic heterocycles. The molecule has 0 amide bonds. The minimum Gasteiger partial charge on any atom is -0.505 e. The van der Waals surface area contributed by atoms with Crippen molar-refractivity contribution in [3.63, 3.8) is 0 Å². The van der Waals surface area contributed by atoms with E-state index in [-0.39, 0.29) is 23.2 Å². The van der Waals surface area contributed by atoms with Crippen molar-refractivity contribution in [1.82, 2.24) is 15.1 Å². The lowest BCUT2D eigenvalue weighted by Gasteiger charge is -1.96. The first-order valence-electron chi connectivity index (χ1n) is 5.94. The Hall–Kier alpha value is -2.76. The molecule has 6 heteroatoms. The molecule has 100 valence electrons. The van der Waals surface area contributed by atoms with Crippen LogP contribution >= 0.6 is 0 Å². The summed E-state index contributed by atoms with van der Waals surface area (Å²) in [5.74, 6) is 0.187. The molecule has 0 radical (unpaired) electrons. The molecular weight excluding hydrogens is 261 g/mol. The maximum Gasteiger partial charge on any atom is 0.280 e. The average molecular weight is 271 g/mol. The van der Waals surface area contributed by atoms with E-state index >= 15 is 0 Å². The molecule has 0 atom stereocenters. The molecule has 0 saturated carbocycles. The van der Waals surface area contributed by atoms with E-state index in [2.05, 4.69) is 15.1 Å². The van der Waals surface area contributed by atoms with E-state index in [0.717, 1.165) is 5.56 Å². The van der Waals surface area contributed by atoms with Gasteiger partial charge in [0, 0.05) is 12.6 Å². The topological polar surface area (TPSA) is 72.0 Å². The summed E-state index contributed by atoms with van der Waals surface area (Å²) in [4.78, 5) is 8.12. The van der Waals surface area contributed by atoms with Crippen molar-refractivity contribution < 1.29 is 14.0 Å². The second kappa shape index (κ2) is 5.08. The lowest BCUT2D eigenvalue weighted by molar-refractivity contribution is 0.416. The minimum atomic E-state index is -0.311. The Labute approximate surface area is 113 Å². The molecule has 0 spiro atoms. The van der Waals surface area contributed by atoms with Gasteiger partial charge in [0.1, 0.15) is 11.6 Å². The number of halogens is 1. The molecule has 0 aliphatic carbocycles. The Bertz CT molecular complexity index is 743. The molecular formula is C14H10FN3O2. The van der Waals surface area contributed by atoms with Gasteiger partial charge in [-0.25, -0.2) is 9.37 Å². The monoisotopic (exact) mass is 271 g/mol. The first kappa shape index (κ1) is 12.3. The van der Waals surface area contributed by atoms with E-state index in [1.54, 1.807) is 18.2 Å². The summed E-state index contributed by atoms with van der Waals surface area (Å²) in [6.45, 7) is 0. The van der Waals surface area contributed by atoms with Gasteiger partial charge in [0.05, 0.1) is 0 Å². The zero-order chi connectivity index (χ0) is 13.9. The van der Waals surface area contributed by atoms with Gasteiger partial charge in [0.15, 0.2) is 11.5 Å². The lowest BCUT2D eigenvalue weighted by Crippen LogP contribution is -1.92. The summed E-state index contributed by atoms with van der Waals surface area (Å²) in [7, 11) is 0. The maximum absolute atomic E-state index is 13.1. The molecule has 0 fully saturated rings. The normalized spacial score (nSPS) is 10.7. The Morgan fingerprint density at radius 1 is 1.20 bits per heavy atom. The smallest absolute Gasteiger partial charge is 0.280 e. The maximum atomic E-state index is 13.1. The molecule has 0 saturated heterocycles. The molecule has 1 aromatic carbocycles. The SMILES string of the molecule is Oc1cccnc1-c1nc(Cc2cccc(F)c2)no1. The number of pyridine rings is 1. The number of hydrogen-bond donors (Lipinski definition) is 1. The molecule has 5 nitrogen and oxygen atoms in total. The summed E-state index contributed by atoms with van der Waals surface area (Å²) in [5, 5.41) is 13.5. The van der Waals surface area contributed by atoms with Crippen molar-refractivity contribution in [2.75, 3.05) is 0 Å². The van der Waals surface area contributed by atoms with Gasteiger partial charge in [-0.15, -0.1) is 0 Å². The summed E-state index contributed by atoms with van der Waals surface area (Å²) in [6.07, 6.45) is 1.86. The van der Waals surface area contributed by atoms with Crippen LogP contribution < -0.4 is 0 Å². The van der Waals surface area contributed by atoms with Crippen molar-refractivity contribution in [3.8, 4) is 17.3 Å². The third kappa shape index (κ3) is 2.49. The second-order valence-electron chi connectivity index (χ2n) is 4.19. The standard InChI is InChI=1S/C14H10FN3O2/c15-10-4-1-3-9(7-10)8-12-17-14(20-18-12)13-11(19)5-2-6-16-13/h1-7,19H,8H2. The number of nitrogens with zero attached hydrogens (tertiary/aromatic N) is 3. The first-order valence-corrected chi connectivity index (χ1v) is 5.94. The fraction of sp³-hybridized carbons (Fsp3) is 0.0714. The molecule has 3 aromatic rings. The van der Waals surface area contributed by atoms with Gasteiger partial charge in [-0.3, -0.25) is 0 Å². The molecule has 0 bridgehead atoms. The third-order valence-electron chi connectivity index (χ3n) is 2.71. The van der Waals surface area contributed by atoms with E-state index in [0.29, 0.717) is 12.2 Å². The van der Waals surface area contributed by atoms with Crippen molar-refractivity contribution in [2.24, 2.45) is 0 Å². The Balaban J connectivity index is 1.86. The first-order chi connectivity index (χ1) is 9.72. The van der Waals surface area contributed by atoms with Gasteiger partial charge in [0.2, 0.25) is 0 Å². The van der Waals surface area contributed by atoms with Crippen LogP contribution in [0.15, 0.2) is 47.1 Å². The zero-order valence-corrected chi connectivity index (χ0v) is 10.3. The highest BCUT2D eigenvalue weighted by Gasteiger charge is 2.14. The van der Waals surface area contributed by atoms with E-state index in [4.69, 9.17) is 4.52 Å². The average Bonchev–Trinajstić information content (AvgIpc) is 2.87. The van der Waals surface area contributed by atoms with Crippen LogP contribution in [0.1, 0.15) is 11.4 Å². The van der Waals surface area contributed by atoms with Gasteiger partial charge in [-0.05, 0) is 29.8 Å². The number of rotatable bonds is 3. The van der Waals surface area contributed by atoms with Gasteiger partial charge in [0.25, 0.3) is 5.89 Å². The Morgan fingerprint density at radius 2 is 2.10 bits per heavy atom.